The number of nitrogens with zero attached hydrogens (tertiary/aromatic N) is 2. The summed E-state index contributed by atoms with van der Waals surface area (Å²) in [5, 5.41) is 26.6. The Morgan fingerprint density at radius 1 is 1.00 bits per heavy atom. The van der Waals surface area contributed by atoms with Gasteiger partial charge in [0.15, 0.2) is 0 Å². The normalized spacial score (nSPS) is 10.6. The Morgan fingerprint density at radius 2 is 1.81 bits per heavy atom. The Bertz CT molecular complexity index is 1340. The molecular formula is C23H15Cl2FN4O. The number of aromatic nitrogens is 1. The standard InChI is InChI=1S/C23H15Cl2FN4O/c24-18-9-16(2-4-20(18)26)30-23-14(10-27)12-29-21-5-3-15(8-17(21)23)28-11-13-1-6-22(31)19(25)7-13/h1-9,12,28,31H,11H2,(H,29,30). The van der Waals surface area contributed by atoms with Gasteiger partial charge in [-0.15, -0.1) is 0 Å². The zero-order valence-corrected chi connectivity index (χ0v) is 17.5. The van der Waals surface area contributed by atoms with Crippen molar-refractivity contribution in [2.24, 2.45) is 0 Å². The van der Waals surface area contributed by atoms with Gasteiger partial charge in [-0.1, -0.05) is 29.3 Å². The summed E-state index contributed by atoms with van der Waals surface area (Å²) in [6, 6.07) is 17.0. The number of phenolic OH excluding ortho intramolecular Hbond substituents is 1. The van der Waals surface area contributed by atoms with E-state index < -0.39 is 5.82 Å². The number of halogens is 3. The highest BCUT2D eigenvalue weighted by Gasteiger charge is 2.11. The van der Waals surface area contributed by atoms with Gasteiger partial charge in [0.25, 0.3) is 0 Å². The summed E-state index contributed by atoms with van der Waals surface area (Å²) in [5.41, 5.74) is 3.82. The molecule has 4 rings (SSSR count). The second-order valence-electron chi connectivity index (χ2n) is 6.78. The van der Waals surface area contributed by atoms with Crippen LogP contribution in [0.25, 0.3) is 10.9 Å². The molecule has 154 valence electrons. The fraction of sp³-hybridized carbons (Fsp3) is 0.0435. The SMILES string of the molecule is N#Cc1cnc2ccc(NCc3ccc(O)c(Cl)c3)cc2c1Nc1ccc(F)c(Cl)c1. The Morgan fingerprint density at radius 3 is 2.55 bits per heavy atom. The molecule has 0 saturated heterocycles. The minimum atomic E-state index is -0.520. The third kappa shape index (κ3) is 4.48. The van der Waals surface area contributed by atoms with Crippen molar-refractivity contribution < 1.29 is 9.50 Å². The summed E-state index contributed by atoms with van der Waals surface area (Å²) in [5.74, 6) is -0.490. The number of hydrogen-bond acceptors (Lipinski definition) is 5. The summed E-state index contributed by atoms with van der Waals surface area (Å²) in [6.07, 6.45) is 1.49. The van der Waals surface area contributed by atoms with E-state index in [1.807, 2.05) is 18.2 Å². The van der Waals surface area contributed by atoms with Crippen molar-refractivity contribution in [3.8, 4) is 11.8 Å². The highest BCUT2D eigenvalue weighted by Crippen LogP contribution is 2.32. The smallest absolute Gasteiger partial charge is 0.141 e. The lowest BCUT2D eigenvalue weighted by Crippen LogP contribution is -2.01. The zero-order chi connectivity index (χ0) is 22.0. The number of nitrogens with one attached hydrogen (secondary N) is 2. The van der Waals surface area contributed by atoms with Crippen molar-refractivity contribution in [2.75, 3.05) is 10.6 Å². The number of anilines is 3. The maximum Gasteiger partial charge on any atom is 0.141 e. The third-order valence-electron chi connectivity index (χ3n) is 4.69. The molecule has 0 aliphatic carbocycles. The number of rotatable bonds is 5. The highest BCUT2D eigenvalue weighted by atomic mass is 35.5. The minimum absolute atomic E-state index is 0.0169. The first-order chi connectivity index (χ1) is 14.9. The van der Waals surface area contributed by atoms with E-state index in [-0.39, 0.29) is 15.8 Å². The molecule has 0 bridgehead atoms. The molecule has 31 heavy (non-hydrogen) atoms. The molecule has 0 saturated carbocycles. The van der Waals surface area contributed by atoms with Crippen LogP contribution in [0, 0.1) is 17.1 Å². The number of aromatic hydroxyl groups is 1. The van der Waals surface area contributed by atoms with Crippen LogP contribution in [0.4, 0.5) is 21.5 Å². The van der Waals surface area contributed by atoms with E-state index in [0.717, 1.165) is 11.3 Å². The lowest BCUT2D eigenvalue weighted by atomic mass is 10.1. The first-order valence-corrected chi connectivity index (χ1v) is 9.96. The number of phenols is 1. The monoisotopic (exact) mass is 452 g/mol. The molecular weight excluding hydrogens is 438 g/mol. The van der Waals surface area contributed by atoms with Crippen LogP contribution >= 0.6 is 23.2 Å². The predicted molar refractivity (Wildman–Crippen MR) is 122 cm³/mol. The molecule has 0 atom stereocenters. The van der Waals surface area contributed by atoms with Gasteiger partial charge in [-0.05, 0) is 54.1 Å². The first kappa shape index (κ1) is 20.7. The largest absolute Gasteiger partial charge is 0.506 e. The predicted octanol–water partition coefficient (Wildman–Crippen LogP) is 6.61. The van der Waals surface area contributed by atoms with Crippen molar-refractivity contribution >= 4 is 51.2 Å². The van der Waals surface area contributed by atoms with E-state index >= 15 is 0 Å². The number of benzene rings is 3. The molecule has 1 heterocycles. The summed E-state index contributed by atoms with van der Waals surface area (Å²) in [6.45, 7) is 0.479. The molecule has 8 heteroatoms. The van der Waals surface area contributed by atoms with Crippen molar-refractivity contribution in [1.82, 2.24) is 4.98 Å². The molecule has 0 fully saturated rings. The van der Waals surface area contributed by atoms with E-state index in [9.17, 15) is 14.8 Å². The fourth-order valence-electron chi connectivity index (χ4n) is 3.10. The van der Waals surface area contributed by atoms with Crippen LogP contribution in [0.5, 0.6) is 5.75 Å². The lowest BCUT2D eigenvalue weighted by molar-refractivity contribution is 0.475. The second-order valence-corrected chi connectivity index (χ2v) is 7.60. The van der Waals surface area contributed by atoms with Crippen LogP contribution in [0.15, 0.2) is 60.8 Å². The lowest BCUT2D eigenvalue weighted by Gasteiger charge is -2.14. The molecule has 0 spiro atoms. The number of nitriles is 1. The highest BCUT2D eigenvalue weighted by molar-refractivity contribution is 6.32. The summed E-state index contributed by atoms with van der Waals surface area (Å²) in [4.78, 5) is 4.35. The van der Waals surface area contributed by atoms with E-state index in [0.29, 0.717) is 34.4 Å². The number of pyridine rings is 1. The van der Waals surface area contributed by atoms with Crippen LogP contribution in [0.1, 0.15) is 11.1 Å². The van der Waals surface area contributed by atoms with E-state index in [1.54, 1.807) is 24.3 Å². The molecule has 1 aromatic heterocycles. The van der Waals surface area contributed by atoms with Gasteiger partial charge >= 0.3 is 0 Å². The van der Waals surface area contributed by atoms with Gasteiger partial charge in [0.05, 0.1) is 26.8 Å². The zero-order valence-electron chi connectivity index (χ0n) is 16.0. The van der Waals surface area contributed by atoms with Gasteiger partial charge in [-0.3, -0.25) is 4.98 Å². The average Bonchev–Trinajstić information content (AvgIpc) is 2.77. The summed E-state index contributed by atoms with van der Waals surface area (Å²) < 4.78 is 13.5. The summed E-state index contributed by atoms with van der Waals surface area (Å²) >= 11 is 11.9. The Kier molecular flexibility index (Phi) is 5.81. The van der Waals surface area contributed by atoms with Gasteiger partial charge in [0.1, 0.15) is 17.6 Å². The van der Waals surface area contributed by atoms with Gasteiger partial charge < -0.3 is 15.7 Å². The number of fused-ring (bicyclic) bond motifs is 1. The maximum atomic E-state index is 13.5. The topological polar surface area (TPSA) is 81.0 Å². The van der Waals surface area contributed by atoms with Gasteiger partial charge in [0, 0.05) is 29.5 Å². The maximum absolute atomic E-state index is 13.5. The molecule has 0 unspecified atom stereocenters. The first-order valence-electron chi connectivity index (χ1n) is 9.21. The fourth-order valence-corrected chi connectivity index (χ4v) is 3.49. The van der Waals surface area contributed by atoms with E-state index in [2.05, 4.69) is 21.7 Å². The van der Waals surface area contributed by atoms with Gasteiger partial charge in [-0.2, -0.15) is 5.26 Å². The van der Waals surface area contributed by atoms with E-state index in [4.69, 9.17) is 23.2 Å². The third-order valence-corrected chi connectivity index (χ3v) is 5.28. The molecule has 0 radical (unpaired) electrons. The van der Waals surface area contributed by atoms with Crippen LogP contribution in [0.2, 0.25) is 10.0 Å². The molecule has 5 nitrogen and oxygen atoms in total. The molecule has 0 aliphatic rings. The van der Waals surface area contributed by atoms with Crippen molar-refractivity contribution in [1.29, 1.82) is 5.26 Å². The quantitative estimate of drug-likeness (QED) is 0.317. The summed E-state index contributed by atoms with van der Waals surface area (Å²) in [7, 11) is 0. The van der Waals surface area contributed by atoms with Crippen LogP contribution in [-0.2, 0) is 6.54 Å². The molecule has 0 aliphatic heterocycles. The van der Waals surface area contributed by atoms with Crippen LogP contribution < -0.4 is 10.6 Å². The minimum Gasteiger partial charge on any atom is -0.506 e. The Balaban J connectivity index is 1.68. The second kappa shape index (κ2) is 8.68. The van der Waals surface area contributed by atoms with Crippen molar-refractivity contribution in [3.63, 3.8) is 0 Å². The molecule has 4 aromatic rings. The van der Waals surface area contributed by atoms with Crippen molar-refractivity contribution in [3.05, 3.63) is 87.8 Å². The average molecular weight is 453 g/mol. The van der Waals surface area contributed by atoms with Crippen LogP contribution in [-0.4, -0.2) is 10.1 Å². The van der Waals surface area contributed by atoms with E-state index in [1.165, 1.54) is 18.3 Å². The van der Waals surface area contributed by atoms with Gasteiger partial charge in [-0.25, -0.2) is 4.39 Å². The Labute approximate surface area is 187 Å². The van der Waals surface area contributed by atoms with Crippen molar-refractivity contribution in [2.45, 2.75) is 6.54 Å². The van der Waals surface area contributed by atoms with Gasteiger partial charge in [0.2, 0.25) is 0 Å². The molecule has 3 N–H and O–H groups in total. The number of hydrogen-bond donors (Lipinski definition) is 3. The Hall–Kier alpha value is -3.53. The molecule has 0 amide bonds. The molecule has 3 aromatic carbocycles. The van der Waals surface area contributed by atoms with Crippen LogP contribution in [0.3, 0.4) is 0 Å².